The highest BCUT2D eigenvalue weighted by Gasteiger charge is 2.34. The molecule has 1 aliphatic heterocycles. The third-order valence-electron chi connectivity index (χ3n) is 6.60. The molecule has 4 rings (SSSR count). The smallest absolute Gasteiger partial charge is 0.244 e. The fourth-order valence-corrected chi connectivity index (χ4v) is 5.96. The molecule has 1 N–H and O–H groups in total. The number of nitrogens with zero attached hydrogens (tertiary/aromatic N) is 2. The first-order valence-electron chi connectivity index (χ1n) is 13.1. The molecule has 1 atom stereocenters. The summed E-state index contributed by atoms with van der Waals surface area (Å²) in [5.41, 5.74) is 1.63. The van der Waals surface area contributed by atoms with E-state index in [0.717, 1.165) is 9.87 Å². The molecule has 0 radical (unpaired) electrons. The summed E-state index contributed by atoms with van der Waals surface area (Å²) in [6.45, 7) is 3.05. The van der Waals surface area contributed by atoms with E-state index in [1.165, 1.54) is 17.9 Å². The van der Waals surface area contributed by atoms with Gasteiger partial charge in [-0.15, -0.1) is 0 Å². The van der Waals surface area contributed by atoms with Crippen molar-refractivity contribution >= 4 is 50.7 Å². The standard InChI is InChI=1S/C29H31Cl2N3O6S/c1-3-32-29(36)25(14-20-8-6-5-7-9-20)33(17-21-10-11-22(30)15-24(21)31)28(35)18-34(41(37,38)4-2)23-12-13-26-27(16-23)40-19-39-26/h5-13,15-16,25H,3-4,14,17-19H2,1-2H3,(H,32,36)/t25-/m1/s1. The summed E-state index contributed by atoms with van der Waals surface area (Å²) in [4.78, 5) is 29.0. The minimum Gasteiger partial charge on any atom is -0.454 e. The Hall–Kier alpha value is -3.47. The van der Waals surface area contributed by atoms with Gasteiger partial charge in [0.15, 0.2) is 11.5 Å². The van der Waals surface area contributed by atoms with Gasteiger partial charge in [0, 0.05) is 35.6 Å². The molecular weight excluding hydrogens is 589 g/mol. The molecular formula is C29H31Cl2N3O6S. The van der Waals surface area contributed by atoms with Crippen molar-refractivity contribution in [2.75, 3.05) is 29.9 Å². The lowest BCUT2D eigenvalue weighted by Gasteiger charge is -2.34. The molecule has 9 nitrogen and oxygen atoms in total. The summed E-state index contributed by atoms with van der Waals surface area (Å²) in [6.07, 6.45) is 0.203. The average molecular weight is 621 g/mol. The summed E-state index contributed by atoms with van der Waals surface area (Å²) in [5.74, 6) is -0.352. The van der Waals surface area contributed by atoms with E-state index >= 15 is 0 Å². The Bertz CT molecular complexity index is 1500. The molecule has 0 spiro atoms. The average Bonchev–Trinajstić information content (AvgIpc) is 3.43. The molecule has 0 saturated heterocycles. The van der Waals surface area contributed by atoms with Crippen LogP contribution in [0.4, 0.5) is 5.69 Å². The molecule has 218 valence electrons. The van der Waals surface area contributed by atoms with Crippen molar-refractivity contribution in [2.45, 2.75) is 32.9 Å². The normalized spacial score (nSPS) is 13.0. The van der Waals surface area contributed by atoms with Crippen molar-refractivity contribution < 1.29 is 27.5 Å². The number of hydrogen-bond acceptors (Lipinski definition) is 6. The summed E-state index contributed by atoms with van der Waals surface area (Å²) in [5, 5.41) is 3.55. The zero-order valence-electron chi connectivity index (χ0n) is 22.7. The van der Waals surface area contributed by atoms with E-state index in [9.17, 15) is 18.0 Å². The van der Waals surface area contributed by atoms with Crippen molar-refractivity contribution in [3.8, 4) is 11.5 Å². The number of rotatable bonds is 12. The second-order valence-electron chi connectivity index (χ2n) is 9.30. The van der Waals surface area contributed by atoms with Gasteiger partial charge in [0.25, 0.3) is 0 Å². The second kappa shape index (κ2) is 13.5. The van der Waals surface area contributed by atoms with Crippen LogP contribution in [-0.2, 0) is 32.6 Å². The fourth-order valence-electron chi connectivity index (χ4n) is 4.44. The third kappa shape index (κ3) is 7.44. The van der Waals surface area contributed by atoms with Gasteiger partial charge in [0.05, 0.1) is 11.4 Å². The molecule has 1 aliphatic rings. The van der Waals surface area contributed by atoms with E-state index in [2.05, 4.69) is 5.32 Å². The van der Waals surface area contributed by atoms with Crippen molar-refractivity contribution in [2.24, 2.45) is 0 Å². The van der Waals surface area contributed by atoms with Gasteiger partial charge >= 0.3 is 0 Å². The van der Waals surface area contributed by atoms with E-state index < -0.39 is 28.5 Å². The topological polar surface area (TPSA) is 105 Å². The number of amides is 2. The van der Waals surface area contributed by atoms with Gasteiger partial charge in [-0.2, -0.15) is 0 Å². The lowest BCUT2D eigenvalue weighted by molar-refractivity contribution is -0.140. The van der Waals surface area contributed by atoms with Gasteiger partial charge in [-0.3, -0.25) is 13.9 Å². The Labute approximate surface area is 250 Å². The fraction of sp³-hybridized carbons (Fsp3) is 0.310. The molecule has 0 aliphatic carbocycles. The van der Waals surface area contributed by atoms with Gasteiger partial charge in [-0.05, 0) is 49.2 Å². The number of sulfonamides is 1. The zero-order valence-corrected chi connectivity index (χ0v) is 25.0. The van der Waals surface area contributed by atoms with E-state index in [1.807, 2.05) is 30.3 Å². The molecule has 0 unspecified atom stereocenters. The summed E-state index contributed by atoms with van der Waals surface area (Å²) >= 11 is 12.6. The van der Waals surface area contributed by atoms with Gasteiger partial charge in [-0.25, -0.2) is 8.42 Å². The Balaban J connectivity index is 1.75. The number of benzene rings is 3. The van der Waals surface area contributed by atoms with E-state index in [-0.39, 0.29) is 37.1 Å². The van der Waals surface area contributed by atoms with Crippen LogP contribution in [-0.4, -0.2) is 56.8 Å². The van der Waals surface area contributed by atoms with Crippen LogP contribution >= 0.6 is 23.2 Å². The second-order valence-corrected chi connectivity index (χ2v) is 12.3. The number of nitrogens with one attached hydrogen (secondary N) is 1. The predicted octanol–water partition coefficient (Wildman–Crippen LogP) is 4.65. The highest BCUT2D eigenvalue weighted by molar-refractivity contribution is 7.92. The maximum Gasteiger partial charge on any atom is 0.244 e. The number of anilines is 1. The van der Waals surface area contributed by atoms with Gasteiger partial charge in [0.2, 0.25) is 28.6 Å². The van der Waals surface area contributed by atoms with Crippen molar-refractivity contribution in [1.29, 1.82) is 0 Å². The van der Waals surface area contributed by atoms with Gasteiger partial charge in [-0.1, -0.05) is 59.6 Å². The van der Waals surface area contributed by atoms with E-state index in [1.54, 1.807) is 37.3 Å². The van der Waals surface area contributed by atoms with Crippen LogP contribution in [0.25, 0.3) is 0 Å². The van der Waals surface area contributed by atoms with E-state index in [4.69, 9.17) is 32.7 Å². The third-order valence-corrected chi connectivity index (χ3v) is 8.93. The number of carbonyl (C=O) groups is 2. The van der Waals surface area contributed by atoms with Crippen LogP contribution in [0.15, 0.2) is 66.7 Å². The molecule has 41 heavy (non-hydrogen) atoms. The molecule has 12 heteroatoms. The van der Waals surface area contributed by atoms with Crippen molar-refractivity contribution in [3.05, 3.63) is 87.9 Å². The molecule has 0 aromatic heterocycles. The molecule has 0 fully saturated rings. The van der Waals surface area contributed by atoms with Crippen LogP contribution in [0.3, 0.4) is 0 Å². The largest absolute Gasteiger partial charge is 0.454 e. The number of fused-ring (bicyclic) bond motifs is 1. The maximum atomic E-state index is 14.2. The van der Waals surface area contributed by atoms with Crippen LogP contribution in [0.5, 0.6) is 11.5 Å². The number of likely N-dealkylation sites (N-methyl/N-ethyl adjacent to an activating group) is 1. The zero-order chi connectivity index (χ0) is 29.6. The monoisotopic (exact) mass is 619 g/mol. The first-order valence-corrected chi connectivity index (χ1v) is 15.4. The van der Waals surface area contributed by atoms with Crippen LogP contribution < -0.4 is 19.1 Å². The Morgan fingerprint density at radius 3 is 2.39 bits per heavy atom. The summed E-state index contributed by atoms with van der Waals surface area (Å²) < 4.78 is 38.4. The predicted molar refractivity (Wildman–Crippen MR) is 159 cm³/mol. The molecule has 0 saturated carbocycles. The first-order chi connectivity index (χ1) is 19.6. The molecule has 3 aromatic rings. The molecule has 0 bridgehead atoms. The summed E-state index contributed by atoms with van der Waals surface area (Å²) in [7, 11) is -3.92. The Kier molecular flexibility index (Phi) is 10.0. The molecule has 1 heterocycles. The van der Waals surface area contributed by atoms with Crippen LogP contribution in [0.1, 0.15) is 25.0 Å². The lowest BCUT2D eigenvalue weighted by Crippen LogP contribution is -2.53. The highest BCUT2D eigenvalue weighted by atomic mass is 35.5. The SMILES string of the molecule is CCNC(=O)[C@@H](Cc1ccccc1)N(Cc1ccc(Cl)cc1Cl)C(=O)CN(c1ccc2c(c1)OCO2)S(=O)(=O)CC. The molecule has 2 amide bonds. The van der Waals surface area contributed by atoms with Crippen LogP contribution in [0, 0.1) is 0 Å². The van der Waals surface area contributed by atoms with Crippen molar-refractivity contribution in [3.63, 3.8) is 0 Å². The van der Waals surface area contributed by atoms with Crippen molar-refractivity contribution in [1.82, 2.24) is 10.2 Å². The number of halogens is 2. The number of ether oxygens (including phenoxy) is 2. The highest BCUT2D eigenvalue weighted by Crippen LogP contribution is 2.36. The number of hydrogen-bond donors (Lipinski definition) is 1. The van der Waals surface area contributed by atoms with Gasteiger partial charge < -0.3 is 19.7 Å². The van der Waals surface area contributed by atoms with Gasteiger partial charge in [0.1, 0.15) is 12.6 Å². The van der Waals surface area contributed by atoms with E-state index in [0.29, 0.717) is 33.7 Å². The maximum absolute atomic E-state index is 14.2. The minimum atomic E-state index is -3.92. The minimum absolute atomic E-state index is 0.0155. The first kappa shape index (κ1) is 30.5. The summed E-state index contributed by atoms with van der Waals surface area (Å²) in [6, 6.07) is 17.9. The number of carbonyl (C=O) groups excluding carboxylic acids is 2. The Morgan fingerprint density at radius 2 is 1.71 bits per heavy atom. The Morgan fingerprint density at radius 1 is 0.976 bits per heavy atom. The quantitative estimate of drug-likeness (QED) is 0.316. The van der Waals surface area contributed by atoms with Crippen LogP contribution in [0.2, 0.25) is 10.0 Å². The lowest BCUT2D eigenvalue weighted by atomic mass is 10.0. The molecule has 3 aromatic carbocycles.